The van der Waals surface area contributed by atoms with Crippen LogP contribution in [-0.2, 0) is 11.2 Å². The number of alkyl halides is 3. The van der Waals surface area contributed by atoms with Gasteiger partial charge in [0.1, 0.15) is 6.04 Å². The molecule has 132 valence electrons. The minimum atomic E-state index is -4.56. The van der Waals surface area contributed by atoms with Crippen molar-refractivity contribution in [1.29, 1.82) is 0 Å². The molecule has 1 aliphatic rings. The summed E-state index contributed by atoms with van der Waals surface area (Å²) in [6.45, 7) is 0.275. The summed E-state index contributed by atoms with van der Waals surface area (Å²) < 4.78 is 39.6. The van der Waals surface area contributed by atoms with Crippen molar-refractivity contribution in [3.63, 3.8) is 0 Å². The van der Waals surface area contributed by atoms with E-state index in [-0.39, 0.29) is 32.4 Å². The monoisotopic (exact) mass is 344 g/mol. The van der Waals surface area contributed by atoms with Crippen LogP contribution in [0.15, 0.2) is 30.3 Å². The predicted octanol–water partition coefficient (Wildman–Crippen LogP) is 2.67. The minimum Gasteiger partial charge on any atom is -0.481 e. The normalized spacial score (nSPS) is 17.4. The number of hydrogen-bond acceptors (Lipinski definition) is 2. The van der Waals surface area contributed by atoms with Crippen LogP contribution in [0.2, 0.25) is 0 Å². The number of piperidine rings is 1. The van der Waals surface area contributed by atoms with Crippen molar-refractivity contribution in [2.45, 2.75) is 31.5 Å². The molecule has 1 fully saturated rings. The second-order valence-corrected chi connectivity index (χ2v) is 5.83. The number of urea groups is 1. The third-order valence-electron chi connectivity index (χ3n) is 4.11. The molecule has 0 radical (unpaired) electrons. The average Bonchev–Trinajstić information content (AvgIpc) is 2.54. The highest BCUT2D eigenvalue weighted by Gasteiger charge is 2.41. The zero-order valence-corrected chi connectivity index (χ0v) is 12.9. The molecular weight excluding hydrogens is 325 g/mol. The summed E-state index contributed by atoms with van der Waals surface area (Å²) in [5.74, 6) is -1.48. The predicted molar refractivity (Wildman–Crippen MR) is 80.5 cm³/mol. The van der Waals surface area contributed by atoms with E-state index in [1.165, 1.54) is 4.90 Å². The number of hydrogen-bond donors (Lipinski definition) is 2. The summed E-state index contributed by atoms with van der Waals surface area (Å²) >= 11 is 0. The van der Waals surface area contributed by atoms with Gasteiger partial charge in [0.15, 0.2) is 0 Å². The first-order chi connectivity index (χ1) is 11.3. The van der Waals surface area contributed by atoms with Crippen molar-refractivity contribution in [2.24, 2.45) is 5.92 Å². The third kappa shape index (κ3) is 4.87. The minimum absolute atomic E-state index is 0.138. The zero-order valence-electron chi connectivity index (χ0n) is 12.9. The maximum Gasteiger partial charge on any atom is 0.408 e. The molecule has 2 amide bonds. The van der Waals surface area contributed by atoms with Crippen molar-refractivity contribution in [3.05, 3.63) is 35.9 Å². The molecule has 1 aromatic rings. The van der Waals surface area contributed by atoms with Crippen LogP contribution in [0.4, 0.5) is 18.0 Å². The average molecular weight is 344 g/mol. The molecule has 1 unspecified atom stereocenters. The van der Waals surface area contributed by atoms with Crippen LogP contribution < -0.4 is 5.32 Å². The van der Waals surface area contributed by atoms with E-state index >= 15 is 0 Å². The van der Waals surface area contributed by atoms with E-state index in [0.717, 1.165) is 0 Å². The standard InChI is InChI=1S/C16H19F3N2O3/c17-16(18,19)13(10-11-4-2-1-3-5-11)20-15(24)21-8-6-12(7-9-21)14(22)23/h1-5,12-13H,6-10H2,(H,20,24)(H,22,23). The van der Waals surface area contributed by atoms with Gasteiger partial charge in [-0.2, -0.15) is 13.2 Å². The Kier molecular flexibility index (Phi) is 5.69. The molecule has 24 heavy (non-hydrogen) atoms. The molecule has 0 spiro atoms. The highest BCUT2D eigenvalue weighted by atomic mass is 19.4. The number of benzene rings is 1. The van der Waals surface area contributed by atoms with Crippen molar-refractivity contribution in [3.8, 4) is 0 Å². The molecule has 0 bridgehead atoms. The molecule has 1 aromatic carbocycles. The molecule has 8 heteroatoms. The zero-order chi connectivity index (χ0) is 17.7. The van der Waals surface area contributed by atoms with E-state index in [0.29, 0.717) is 5.56 Å². The van der Waals surface area contributed by atoms with Gasteiger partial charge in [-0.3, -0.25) is 4.79 Å². The lowest BCUT2D eigenvalue weighted by molar-refractivity contribution is -0.153. The fourth-order valence-corrected chi connectivity index (χ4v) is 2.67. The lowest BCUT2D eigenvalue weighted by Gasteiger charge is -2.32. The lowest BCUT2D eigenvalue weighted by Crippen LogP contribution is -2.53. The largest absolute Gasteiger partial charge is 0.481 e. The van der Waals surface area contributed by atoms with E-state index in [2.05, 4.69) is 0 Å². The van der Waals surface area contributed by atoms with E-state index in [1.54, 1.807) is 30.3 Å². The SMILES string of the molecule is O=C(O)C1CCN(C(=O)NC(Cc2ccccc2)C(F)(F)F)CC1. The molecule has 1 atom stereocenters. The highest BCUT2D eigenvalue weighted by Crippen LogP contribution is 2.24. The number of rotatable bonds is 4. The quantitative estimate of drug-likeness (QED) is 0.882. The van der Waals surface area contributed by atoms with Gasteiger partial charge in [0.25, 0.3) is 0 Å². The second-order valence-electron chi connectivity index (χ2n) is 5.83. The summed E-state index contributed by atoms with van der Waals surface area (Å²) in [7, 11) is 0. The van der Waals surface area contributed by atoms with E-state index < -0.39 is 30.1 Å². The van der Waals surface area contributed by atoms with Crippen LogP contribution in [0.5, 0.6) is 0 Å². The smallest absolute Gasteiger partial charge is 0.408 e. The first-order valence-corrected chi connectivity index (χ1v) is 7.66. The van der Waals surface area contributed by atoms with Crippen LogP contribution in [-0.4, -0.2) is 47.3 Å². The Hall–Kier alpha value is -2.25. The van der Waals surface area contributed by atoms with Crippen molar-refractivity contribution in [1.82, 2.24) is 10.2 Å². The Balaban J connectivity index is 1.97. The van der Waals surface area contributed by atoms with Crippen LogP contribution in [0.3, 0.4) is 0 Å². The van der Waals surface area contributed by atoms with Crippen LogP contribution in [0, 0.1) is 5.92 Å². The Morgan fingerprint density at radius 3 is 2.29 bits per heavy atom. The highest BCUT2D eigenvalue weighted by molar-refractivity contribution is 5.75. The van der Waals surface area contributed by atoms with Crippen molar-refractivity contribution < 1.29 is 27.9 Å². The molecule has 2 rings (SSSR count). The third-order valence-corrected chi connectivity index (χ3v) is 4.11. The van der Waals surface area contributed by atoms with Gasteiger partial charge in [-0.05, 0) is 18.4 Å². The Morgan fingerprint density at radius 2 is 1.79 bits per heavy atom. The van der Waals surface area contributed by atoms with E-state index in [1.807, 2.05) is 5.32 Å². The van der Waals surface area contributed by atoms with Crippen molar-refractivity contribution in [2.75, 3.05) is 13.1 Å². The number of aliphatic carboxylic acids is 1. The maximum absolute atomic E-state index is 13.2. The summed E-state index contributed by atoms with van der Waals surface area (Å²) in [5.41, 5.74) is 0.477. The molecule has 2 N–H and O–H groups in total. The summed E-state index contributed by atoms with van der Waals surface area (Å²) in [4.78, 5) is 24.2. The van der Waals surface area contributed by atoms with Gasteiger partial charge in [0, 0.05) is 19.5 Å². The van der Waals surface area contributed by atoms with Gasteiger partial charge in [0.2, 0.25) is 0 Å². The Bertz CT molecular complexity index is 570. The number of halogens is 3. The fourth-order valence-electron chi connectivity index (χ4n) is 2.67. The fraction of sp³-hybridized carbons (Fsp3) is 0.500. The van der Waals surface area contributed by atoms with Crippen LogP contribution in [0.25, 0.3) is 0 Å². The Labute approximate surface area is 137 Å². The number of carbonyl (C=O) groups is 2. The summed E-state index contributed by atoms with van der Waals surface area (Å²) in [6, 6.07) is 5.34. The molecular formula is C16H19F3N2O3. The maximum atomic E-state index is 13.2. The van der Waals surface area contributed by atoms with E-state index in [9.17, 15) is 22.8 Å². The topological polar surface area (TPSA) is 69.6 Å². The summed E-state index contributed by atoms with van der Waals surface area (Å²) in [6.07, 6.45) is -4.41. The van der Waals surface area contributed by atoms with Gasteiger partial charge < -0.3 is 15.3 Å². The van der Waals surface area contributed by atoms with E-state index in [4.69, 9.17) is 5.11 Å². The molecule has 1 heterocycles. The van der Waals surface area contributed by atoms with Crippen LogP contribution in [0.1, 0.15) is 18.4 Å². The number of carbonyl (C=O) groups excluding carboxylic acids is 1. The van der Waals surface area contributed by atoms with Crippen LogP contribution >= 0.6 is 0 Å². The number of nitrogens with one attached hydrogen (secondary N) is 1. The number of carboxylic acid groups (broad SMARTS) is 1. The number of nitrogens with zero attached hydrogens (tertiary/aromatic N) is 1. The molecule has 5 nitrogen and oxygen atoms in total. The molecule has 1 saturated heterocycles. The van der Waals surface area contributed by atoms with Gasteiger partial charge in [0.05, 0.1) is 5.92 Å². The first kappa shape index (κ1) is 18.1. The molecule has 0 aromatic heterocycles. The number of likely N-dealkylation sites (tertiary alicyclic amines) is 1. The lowest BCUT2D eigenvalue weighted by atomic mass is 9.97. The Morgan fingerprint density at radius 1 is 1.21 bits per heavy atom. The number of carboxylic acids is 1. The molecule has 0 aliphatic carbocycles. The molecule has 1 aliphatic heterocycles. The molecule has 0 saturated carbocycles. The first-order valence-electron chi connectivity index (χ1n) is 7.66. The van der Waals surface area contributed by atoms with Gasteiger partial charge in [-0.15, -0.1) is 0 Å². The number of amides is 2. The van der Waals surface area contributed by atoms with Gasteiger partial charge >= 0.3 is 18.2 Å². The summed E-state index contributed by atoms with van der Waals surface area (Å²) in [5, 5.41) is 10.9. The van der Waals surface area contributed by atoms with Gasteiger partial charge in [-0.25, -0.2) is 4.79 Å². The second kappa shape index (κ2) is 7.55. The van der Waals surface area contributed by atoms with Gasteiger partial charge in [-0.1, -0.05) is 30.3 Å². The van der Waals surface area contributed by atoms with Crippen molar-refractivity contribution >= 4 is 12.0 Å².